The molecule has 7 heteroatoms. The minimum atomic E-state index is 0.0130. The first kappa shape index (κ1) is 13.2. The zero-order valence-corrected chi connectivity index (χ0v) is 12.5. The molecule has 0 amide bonds. The number of aliphatic imine (C=N–C) groups is 2. The van der Waals surface area contributed by atoms with Crippen LogP contribution in [0.15, 0.2) is 27.8 Å². The van der Waals surface area contributed by atoms with Gasteiger partial charge < -0.3 is 0 Å². The molecule has 2 aliphatic rings. The predicted octanol–water partition coefficient (Wildman–Crippen LogP) is 2.44. The van der Waals surface area contributed by atoms with E-state index in [1.807, 2.05) is 11.1 Å². The van der Waals surface area contributed by atoms with E-state index in [1.54, 1.807) is 0 Å². The van der Waals surface area contributed by atoms with Crippen molar-refractivity contribution in [3.05, 3.63) is 23.5 Å². The molecule has 0 unspecified atom stereocenters. The highest BCUT2D eigenvalue weighted by atomic mass is 35.5. The summed E-state index contributed by atoms with van der Waals surface area (Å²) in [6, 6.07) is 1.94. The lowest BCUT2D eigenvalue weighted by atomic mass is 9.92. The van der Waals surface area contributed by atoms with Crippen LogP contribution < -0.4 is 5.43 Å². The highest BCUT2D eigenvalue weighted by molar-refractivity contribution is 6.65. The van der Waals surface area contributed by atoms with Crippen molar-refractivity contribution in [2.75, 3.05) is 6.54 Å². The molecule has 106 valence electrons. The van der Waals surface area contributed by atoms with E-state index in [-0.39, 0.29) is 5.41 Å². The summed E-state index contributed by atoms with van der Waals surface area (Å²) < 4.78 is 0. The summed E-state index contributed by atoms with van der Waals surface area (Å²) in [6.07, 6.45) is 3.05. The van der Waals surface area contributed by atoms with Gasteiger partial charge in [-0.2, -0.15) is 10.1 Å². The van der Waals surface area contributed by atoms with Crippen LogP contribution in [-0.2, 0) is 5.41 Å². The number of fused-ring (bicyclic) bond motifs is 1. The zero-order chi connectivity index (χ0) is 14.3. The molecular formula is C13H17ClN6. The summed E-state index contributed by atoms with van der Waals surface area (Å²) in [4.78, 5) is 8.75. The van der Waals surface area contributed by atoms with Crippen LogP contribution in [0.25, 0.3) is 0 Å². The van der Waals surface area contributed by atoms with Gasteiger partial charge >= 0.3 is 0 Å². The van der Waals surface area contributed by atoms with Crippen LogP contribution in [0.2, 0.25) is 0 Å². The number of hydrazine groups is 1. The molecule has 1 aromatic rings. The maximum absolute atomic E-state index is 5.98. The number of H-pyrrole nitrogens is 1. The maximum atomic E-state index is 5.98. The number of hydrogen-bond donors (Lipinski definition) is 2. The lowest BCUT2D eigenvalue weighted by molar-refractivity contribution is 0.345. The number of hydrogen-bond acceptors (Lipinski definition) is 4. The van der Waals surface area contributed by atoms with Crippen molar-refractivity contribution >= 4 is 28.5 Å². The van der Waals surface area contributed by atoms with Gasteiger partial charge in [0.05, 0.1) is 5.70 Å². The maximum Gasteiger partial charge on any atom is 0.217 e. The molecule has 0 fully saturated rings. The van der Waals surface area contributed by atoms with Crippen molar-refractivity contribution in [2.45, 2.75) is 32.6 Å². The molecule has 2 aliphatic heterocycles. The van der Waals surface area contributed by atoms with Crippen molar-refractivity contribution in [1.29, 1.82) is 0 Å². The Kier molecular flexibility index (Phi) is 3.05. The smallest absolute Gasteiger partial charge is 0.217 e. The molecule has 6 nitrogen and oxygen atoms in total. The van der Waals surface area contributed by atoms with Gasteiger partial charge in [0.15, 0.2) is 11.7 Å². The Morgan fingerprint density at radius 2 is 2.20 bits per heavy atom. The molecule has 0 aliphatic carbocycles. The summed E-state index contributed by atoms with van der Waals surface area (Å²) in [5.74, 6) is 1.21. The van der Waals surface area contributed by atoms with Crippen LogP contribution in [0.4, 0.5) is 5.82 Å². The topological polar surface area (TPSA) is 68.7 Å². The van der Waals surface area contributed by atoms with Crippen molar-refractivity contribution in [1.82, 2.24) is 20.6 Å². The van der Waals surface area contributed by atoms with E-state index < -0.39 is 0 Å². The van der Waals surface area contributed by atoms with Crippen LogP contribution >= 0.6 is 11.6 Å². The van der Waals surface area contributed by atoms with E-state index in [0.29, 0.717) is 16.9 Å². The van der Waals surface area contributed by atoms with E-state index in [0.717, 1.165) is 24.4 Å². The quantitative estimate of drug-likeness (QED) is 0.781. The molecule has 3 rings (SSSR count). The molecule has 0 saturated heterocycles. The van der Waals surface area contributed by atoms with Crippen molar-refractivity contribution in [3.8, 4) is 0 Å². The fourth-order valence-corrected chi connectivity index (χ4v) is 2.30. The summed E-state index contributed by atoms with van der Waals surface area (Å²) in [5, 5.41) is 9.52. The standard InChI is InChI=1S/C13H17ClN6/c1-13(2,3)9-7-10(18-17-9)15-11-8-5-4-6-20(8)19-12(14)16-11/h5,7H,4,6H2,1-3H3,(H2,15,16,17,18,19). The van der Waals surface area contributed by atoms with Crippen molar-refractivity contribution < 1.29 is 0 Å². The van der Waals surface area contributed by atoms with Gasteiger partial charge in [-0.05, 0) is 18.0 Å². The Bertz CT molecular complexity index is 619. The first-order valence-electron chi connectivity index (χ1n) is 6.57. The second-order valence-electron chi connectivity index (χ2n) is 5.87. The monoisotopic (exact) mass is 292 g/mol. The molecule has 0 bridgehead atoms. The molecule has 0 aromatic carbocycles. The fourth-order valence-electron chi connectivity index (χ4n) is 2.12. The Labute approximate surface area is 122 Å². The number of nitrogens with zero attached hydrogens (tertiary/aromatic N) is 4. The van der Waals surface area contributed by atoms with Gasteiger partial charge in [-0.3, -0.25) is 15.5 Å². The third-order valence-corrected chi connectivity index (χ3v) is 3.40. The van der Waals surface area contributed by atoms with Gasteiger partial charge in [-0.25, -0.2) is 4.99 Å². The fraction of sp³-hybridized carbons (Fsp3) is 0.462. The number of halogens is 1. The average molecular weight is 293 g/mol. The highest BCUT2D eigenvalue weighted by Crippen LogP contribution is 2.25. The normalized spacial score (nSPS) is 20.6. The SMILES string of the molecule is CC(C)(C)c1cc(N=C2N=C(Cl)NN3CCC=C23)n[nH]1. The number of rotatable bonds is 1. The Morgan fingerprint density at radius 3 is 2.90 bits per heavy atom. The van der Waals surface area contributed by atoms with E-state index >= 15 is 0 Å². The van der Waals surface area contributed by atoms with Crippen LogP contribution in [0.1, 0.15) is 32.9 Å². The molecular weight excluding hydrogens is 276 g/mol. The van der Waals surface area contributed by atoms with Crippen LogP contribution in [0.5, 0.6) is 0 Å². The third-order valence-electron chi connectivity index (χ3n) is 3.23. The van der Waals surface area contributed by atoms with Crippen LogP contribution in [0, 0.1) is 0 Å². The molecule has 0 saturated carbocycles. The summed E-state index contributed by atoms with van der Waals surface area (Å²) >= 11 is 5.98. The highest BCUT2D eigenvalue weighted by Gasteiger charge is 2.25. The summed E-state index contributed by atoms with van der Waals surface area (Å²) in [5.41, 5.74) is 5.00. The van der Waals surface area contributed by atoms with Crippen molar-refractivity contribution in [2.24, 2.45) is 9.98 Å². The first-order chi connectivity index (χ1) is 9.43. The van der Waals surface area contributed by atoms with E-state index in [9.17, 15) is 0 Å². The van der Waals surface area contributed by atoms with Gasteiger partial charge in [-0.15, -0.1) is 0 Å². The van der Waals surface area contributed by atoms with Gasteiger partial charge in [0, 0.05) is 23.7 Å². The number of nitrogens with one attached hydrogen (secondary N) is 2. The predicted molar refractivity (Wildman–Crippen MR) is 80.2 cm³/mol. The molecule has 0 spiro atoms. The van der Waals surface area contributed by atoms with Crippen molar-refractivity contribution in [3.63, 3.8) is 0 Å². The van der Waals surface area contributed by atoms with E-state index in [2.05, 4.69) is 52.5 Å². The minimum absolute atomic E-state index is 0.0130. The van der Waals surface area contributed by atoms with E-state index in [4.69, 9.17) is 11.6 Å². The molecule has 0 atom stereocenters. The summed E-state index contributed by atoms with van der Waals surface area (Å²) in [6.45, 7) is 7.24. The molecule has 2 N–H and O–H groups in total. The van der Waals surface area contributed by atoms with Crippen LogP contribution in [0.3, 0.4) is 0 Å². The lowest BCUT2D eigenvalue weighted by Gasteiger charge is -2.26. The second kappa shape index (κ2) is 4.63. The Balaban J connectivity index is 1.95. The zero-order valence-electron chi connectivity index (χ0n) is 11.7. The van der Waals surface area contributed by atoms with Gasteiger partial charge in [0.2, 0.25) is 5.29 Å². The third kappa shape index (κ3) is 2.43. The number of aromatic amines is 1. The minimum Gasteiger partial charge on any atom is -0.282 e. The van der Waals surface area contributed by atoms with E-state index in [1.165, 1.54) is 0 Å². The second-order valence-corrected chi connectivity index (χ2v) is 6.23. The number of amidine groups is 2. The first-order valence-corrected chi connectivity index (χ1v) is 6.95. The van der Waals surface area contributed by atoms with Gasteiger partial charge in [0.1, 0.15) is 0 Å². The molecule has 3 heterocycles. The van der Waals surface area contributed by atoms with Crippen LogP contribution in [-0.4, -0.2) is 32.9 Å². The van der Waals surface area contributed by atoms with Gasteiger partial charge in [0.25, 0.3) is 0 Å². The van der Waals surface area contributed by atoms with Gasteiger partial charge in [-0.1, -0.05) is 26.8 Å². The number of aromatic nitrogens is 2. The molecule has 20 heavy (non-hydrogen) atoms. The largest absolute Gasteiger partial charge is 0.282 e. The Hall–Kier alpha value is -1.82. The molecule has 0 radical (unpaired) electrons. The molecule has 1 aromatic heterocycles. The summed E-state index contributed by atoms with van der Waals surface area (Å²) in [7, 11) is 0. The lowest BCUT2D eigenvalue weighted by Crippen LogP contribution is -2.43. The average Bonchev–Trinajstić information content (AvgIpc) is 2.95. The Morgan fingerprint density at radius 1 is 1.40 bits per heavy atom.